The van der Waals surface area contributed by atoms with Gasteiger partial charge in [-0.15, -0.1) is 0 Å². The average molecular weight is 417 g/mol. The molecule has 0 aliphatic rings. The number of anilines is 1. The number of hydrogen-bond acceptors (Lipinski definition) is 3. The number of para-hydroxylation sites is 2. The molecule has 5 nitrogen and oxygen atoms in total. The van der Waals surface area contributed by atoms with Crippen LogP contribution in [0, 0.1) is 13.8 Å². The number of carbonyl (C=O) groups is 2. The van der Waals surface area contributed by atoms with Crippen molar-refractivity contribution in [3.63, 3.8) is 0 Å². The summed E-state index contributed by atoms with van der Waals surface area (Å²) in [6.45, 7) is 6.05. The van der Waals surface area contributed by atoms with Gasteiger partial charge in [-0.05, 0) is 49.6 Å². The predicted molar refractivity (Wildman–Crippen MR) is 123 cm³/mol. The van der Waals surface area contributed by atoms with Crippen LogP contribution in [0.1, 0.15) is 34.0 Å². The fourth-order valence-electron chi connectivity index (χ4n) is 3.44. The quantitative estimate of drug-likeness (QED) is 0.609. The van der Waals surface area contributed by atoms with Crippen molar-refractivity contribution >= 4 is 17.5 Å². The molecule has 0 saturated carbocycles. The monoisotopic (exact) mass is 416 g/mol. The van der Waals surface area contributed by atoms with Gasteiger partial charge in [-0.25, -0.2) is 0 Å². The third-order valence-electron chi connectivity index (χ3n) is 5.19. The third kappa shape index (κ3) is 5.31. The third-order valence-corrected chi connectivity index (χ3v) is 5.19. The number of likely N-dealkylation sites (N-methyl/N-ethyl adjacent to an activating group) is 1. The normalized spacial score (nSPS) is 11.5. The molecular formula is C26H28N2O3. The maximum absolute atomic E-state index is 13.1. The van der Waals surface area contributed by atoms with E-state index in [1.54, 1.807) is 32.2 Å². The summed E-state index contributed by atoms with van der Waals surface area (Å²) < 4.78 is 5.99. The van der Waals surface area contributed by atoms with Crippen molar-refractivity contribution in [2.45, 2.75) is 33.4 Å². The van der Waals surface area contributed by atoms with Gasteiger partial charge in [-0.2, -0.15) is 0 Å². The van der Waals surface area contributed by atoms with Crippen molar-refractivity contribution in [2.24, 2.45) is 0 Å². The summed E-state index contributed by atoms with van der Waals surface area (Å²) in [5, 5.41) is 2.93. The zero-order valence-electron chi connectivity index (χ0n) is 18.4. The van der Waals surface area contributed by atoms with E-state index < -0.39 is 6.10 Å². The van der Waals surface area contributed by atoms with Crippen LogP contribution in [0.25, 0.3) is 0 Å². The van der Waals surface area contributed by atoms with E-state index in [-0.39, 0.29) is 11.8 Å². The molecule has 0 bridgehead atoms. The molecule has 0 unspecified atom stereocenters. The van der Waals surface area contributed by atoms with Crippen molar-refractivity contribution in [3.8, 4) is 5.75 Å². The van der Waals surface area contributed by atoms with Crippen LogP contribution >= 0.6 is 0 Å². The molecule has 0 spiro atoms. The van der Waals surface area contributed by atoms with Crippen molar-refractivity contribution in [1.82, 2.24) is 5.32 Å². The Balaban J connectivity index is 1.74. The van der Waals surface area contributed by atoms with Crippen LogP contribution in [-0.2, 0) is 11.3 Å². The van der Waals surface area contributed by atoms with Crippen LogP contribution in [0.15, 0.2) is 72.8 Å². The highest BCUT2D eigenvalue weighted by Crippen LogP contribution is 2.25. The summed E-state index contributed by atoms with van der Waals surface area (Å²) in [6, 6.07) is 22.6. The lowest BCUT2D eigenvalue weighted by Gasteiger charge is -2.25. The first-order valence-electron chi connectivity index (χ1n) is 10.3. The zero-order chi connectivity index (χ0) is 22.4. The van der Waals surface area contributed by atoms with Gasteiger partial charge in [0.2, 0.25) is 0 Å². The number of carbonyl (C=O) groups excluding carboxylic acids is 2. The number of ether oxygens (including phenoxy) is 1. The van der Waals surface area contributed by atoms with Crippen LogP contribution < -0.4 is 15.0 Å². The van der Waals surface area contributed by atoms with Gasteiger partial charge in [0.25, 0.3) is 11.8 Å². The van der Waals surface area contributed by atoms with E-state index in [9.17, 15) is 9.59 Å². The van der Waals surface area contributed by atoms with Crippen molar-refractivity contribution in [1.29, 1.82) is 0 Å². The van der Waals surface area contributed by atoms with Gasteiger partial charge in [0.15, 0.2) is 6.10 Å². The van der Waals surface area contributed by atoms with Crippen molar-refractivity contribution in [3.05, 3.63) is 95.1 Å². The number of amides is 2. The van der Waals surface area contributed by atoms with Crippen LogP contribution in [0.2, 0.25) is 0 Å². The summed E-state index contributed by atoms with van der Waals surface area (Å²) in [6.07, 6.45) is -0.703. The minimum atomic E-state index is -0.703. The Morgan fingerprint density at radius 2 is 1.52 bits per heavy atom. The second-order valence-electron chi connectivity index (χ2n) is 7.56. The number of rotatable bonds is 7. The highest BCUT2D eigenvalue weighted by Gasteiger charge is 2.24. The standard InChI is InChI=1S/C26H28N2O3/c1-18-11-10-12-19(2)24(18)31-20(3)26(30)28(4)23-16-9-8-15-22(23)25(29)27-17-21-13-6-5-7-14-21/h5-16,20H,17H2,1-4H3,(H,27,29)/t20-/m1/s1. The molecule has 3 rings (SSSR count). The molecule has 160 valence electrons. The van der Waals surface area contributed by atoms with E-state index in [1.807, 2.05) is 68.4 Å². The summed E-state index contributed by atoms with van der Waals surface area (Å²) >= 11 is 0. The number of benzene rings is 3. The van der Waals surface area contributed by atoms with Gasteiger partial charge in [0, 0.05) is 13.6 Å². The first-order valence-corrected chi connectivity index (χ1v) is 10.3. The molecule has 5 heteroatoms. The SMILES string of the molecule is Cc1cccc(C)c1O[C@H](C)C(=O)N(C)c1ccccc1C(=O)NCc1ccccc1. The predicted octanol–water partition coefficient (Wildman–Crippen LogP) is 4.66. The smallest absolute Gasteiger partial charge is 0.267 e. The molecule has 1 N–H and O–H groups in total. The second-order valence-corrected chi connectivity index (χ2v) is 7.56. The first-order chi connectivity index (χ1) is 14.9. The van der Waals surface area contributed by atoms with E-state index >= 15 is 0 Å². The van der Waals surface area contributed by atoms with E-state index in [0.29, 0.717) is 23.5 Å². The Kier molecular flexibility index (Phi) is 7.08. The topological polar surface area (TPSA) is 58.6 Å². The molecule has 0 aliphatic carbocycles. The maximum Gasteiger partial charge on any atom is 0.267 e. The molecule has 3 aromatic carbocycles. The lowest BCUT2D eigenvalue weighted by molar-refractivity contribution is -0.124. The highest BCUT2D eigenvalue weighted by molar-refractivity contribution is 6.05. The summed E-state index contributed by atoms with van der Waals surface area (Å²) in [5.41, 5.74) is 3.93. The van der Waals surface area contributed by atoms with Crippen LogP contribution in [-0.4, -0.2) is 25.0 Å². The molecule has 0 aliphatic heterocycles. The summed E-state index contributed by atoms with van der Waals surface area (Å²) in [7, 11) is 1.66. The lowest BCUT2D eigenvalue weighted by Crippen LogP contribution is -2.39. The maximum atomic E-state index is 13.1. The Morgan fingerprint density at radius 1 is 0.903 bits per heavy atom. The molecule has 0 radical (unpaired) electrons. The molecule has 2 amide bonds. The molecule has 31 heavy (non-hydrogen) atoms. The molecule has 0 saturated heterocycles. The summed E-state index contributed by atoms with van der Waals surface area (Å²) in [4.78, 5) is 27.4. The fourth-order valence-corrected chi connectivity index (χ4v) is 3.44. The lowest BCUT2D eigenvalue weighted by atomic mass is 10.1. The Bertz CT molecular complexity index is 1040. The first kappa shape index (κ1) is 22.1. The Morgan fingerprint density at radius 3 is 2.19 bits per heavy atom. The van der Waals surface area contributed by atoms with Crippen LogP contribution in [0.5, 0.6) is 5.75 Å². The van der Waals surface area contributed by atoms with Gasteiger partial charge in [-0.1, -0.05) is 60.7 Å². The Labute approximate surface area is 183 Å². The summed E-state index contributed by atoms with van der Waals surface area (Å²) in [5.74, 6) is 0.249. The molecule has 0 aromatic heterocycles. The van der Waals surface area contributed by atoms with Crippen molar-refractivity contribution in [2.75, 3.05) is 11.9 Å². The molecule has 0 heterocycles. The van der Waals surface area contributed by atoms with Crippen LogP contribution in [0.3, 0.4) is 0 Å². The van der Waals surface area contributed by atoms with Gasteiger partial charge in [0.1, 0.15) is 5.75 Å². The molecule has 0 fully saturated rings. The number of nitrogens with one attached hydrogen (secondary N) is 1. The minimum absolute atomic E-state index is 0.231. The highest BCUT2D eigenvalue weighted by atomic mass is 16.5. The van der Waals surface area contributed by atoms with Gasteiger partial charge >= 0.3 is 0 Å². The van der Waals surface area contributed by atoms with Gasteiger partial charge in [0.05, 0.1) is 11.3 Å². The Hall–Kier alpha value is -3.60. The zero-order valence-corrected chi connectivity index (χ0v) is 18.4. The van der Waals surface area contributed by atoms with Crippen molar-refractivity contribution < 1.29 is 14.3 Å². The number of aryl methyl sites for hydroxylation is 2. The van der Waals surface area contributed by atoms with E-state index in [2.05, 4.69) is 5.32 Å². The van der Waals surface area contributed by atoms with E-state index in [4.69, 9.17) is 4.74 Å². The van der Waals surface area contributed by atoms with E-state index in [0.717, 1.165) is 16.7 Å². The fraction of sp³-hybridized carbons (Fsp3) is 0.231. The number of hydrogen-bond donors (Lipinski definition) is 1. The van der Waals surface area contributed by atoms with E-state index in [1.165, 1.54) is 4.90 Å². The average Bonchev–Trinajstić information content (AvgIpc) is 2.79. The molecule has 3 aromatic rings. The minimum Gasteiger partial charge on any atom is -0.480 e. The van der Waals surface area contributed by atoms with Gasteiger partial charge in [-0.3, -0.25) is 9.59 Å². The van der Waals surface area contributed by atoms with Crippen LogP contribution in [0.4, 0.5) is 5.69 Å². The largest absolute Gasteiger partial charge is 0.480 e. The number of nitrogens with zero attached hydrogens (tertiary/aromatic N) is 1. The van der Waals surface area contributed by atoms with Gasteiger partial charge < -0.3 is 15.0 Å². The second kappa shape index (κ2) is 9.94. The molecular weight excluding hydrogens is 388 g/mol. The molecule has 1 atom stereocenters.